The molecule has 8 heteroatoms. The van der Waals surface area contributed by atoms with Gasteiger partial charge in [-0.15, -0.1) is 0 Å². The Morgan fingerprint density at radius 1 is 1.42 bits per heavy atom. The lowest BCUT2D eigenvalue weighted by Crippen LogP contribution is -2.65. The lowest BCUT2D eigenvalue weighted by molar-refractivity contribution is -0.105. The molecule has 8 nitrogen and oxygen atoms in total. The second kappa shape index (κ2) is 8.30. The number of anilines is 1. The molecular weight excluding hydrogens is 336 g/mol. The third-order valence-corrected chi connectivity index (χ3v) is 5.41. The van der Waals surface area contributed by atoms with Gasteiger partial charge in [0.15, 0.2) is 0 Å². The lowest BCUT2D eigenvalue weighted by Gasteiger charge is -2.47. The summed E-state index contributed by atoms with van der Waals surface area (Å²) in [6.07, 6.45) is 3.35. The molecule has 2 aliphatic rings. The first-order valence-electron chi connectivity index (χ1n) is 9.04. The van der Waals surface area contributed by atoms with E-state index in [-0.39, 0.29) is 18.6 Å². The number of nitrogens with one attached hydrogen (secondary N) is 1. The number of hydrogen-bond donors (Lipinski definition) is 2. The minimum Gasteiger partial charge on any atom is -0.394 e. The van der Waals surface area contributed by atoms with Gasteiger partial charge < -0.3 is 24.8 Å². The highest BCUT2D eigenvalue weighted by molar-refractivity contribution is 5.99. The number of nitrogens with zero attached hydrogens (tertiary/aromatic N) is 3. The Hall–Kier alpha value is -1.74. The summed E-state index contributed by atoms with van der Waals surface area (Å²) < 4.78 is 11.0. The van der Waals surface area contributed by atoms with Crippen LogP contribution in [0, 0.1) is 0 Å². The predicted molar refractivity (Wildman–Crippen MR) is 97.5 cm³/mol. The van der Waals surface area contributed by atoms with E-state index in [1.807, 2.05) is 14.0 Å². The van der Waals surface area contributed by atoms with Gasteiger partial charge in [-0.1, -0.05) is 0 Å². The van der Waals surface area contributed by atoms with Gasteiger partial charge >= 0.3 is 0 Å². The number of hydrogen-bond acceptors (Lipinski definition) is 7. The molecule has 2 aliphatic heterocycles. The number of aliphatic hydroxyl groups is 1. The van der Waals surface area contributed by atoms with Crippen LogP contribution >= 0.6 is 0 Å². The number of pyridine rings is 1. The lowest BCUT2D eigenvalue weighted by atomic mass is 9.96. The van der Waals surface area contributed by atoms with Crippen molar-refractivity contribution in [2.24, 2.45) is 0 Å². The van der Waals surface area contributed by atoms with Crippen LogP contribution in [0.5, 0.6) is 0 Å². The Kier molecular flexibility index (Phi) is 6.08. The molecule has 2 atom stereocenters. The third-order valence-electron chi connectivity index (χ3n) is 5.41. The van der Waals surface area contributed by atoms with E-state index >= 15 is 0 Å². The summed E-state index contributed by atoms with van der Waals surface area (Å²) >= 11 is 0. The van der Waals surface area contributed by atoms with Gasteiger partial charge in [0.25, 0.3) is 5.91 Å². The molecule has 2 N–H and O–H groups in total. The first-order chi connectivity index (χ1) is 12.6. The number of carbonyl (C=O) groups is 1. The minimum absolute atomic E-state index is 0.0826. The van der Waals surface area contributed by atoms with Crippen LogP contribution in [-0.2, 0) is 9.47 Å². The highest BCUT2D eigenvalue weighted by atomic mass is 16.5. The van der Waals surface area contributed by atoms with E-state index in [0.717, 1.165) is 18.8 Å². The van der Waals surface area contributed by atoms with Crippen molar-refractivity contribution in [3.05, 3.63) is 24.0 Å². The summed E-state index contributed by atoms with van der Waals surface area (Å²) in [5, 5.41) is 13.0. The molecule has 0 aromatic carbocycles. The number of aliphatic hydroxyl groups excluding tert-OH is 1. The molecule has 2 fully saturated rings. The number of amides is 1. The summed E-state index contributed by atoms with van der Waals surface area (Å²) in [5.41, 5.74) is 0.787. The maximum absolute atomic E-state index is 12.9. The van der Waals surface area contributed by atoms with Crippen LogP contribution in [0.3, 0.4) is 0 Å². The molecular formula is C18H28N4O4. The van der Waals surface area contributed by atoms with Gasteiger partial charge in [-0.25, -0.2) is 0 Å². The summed E-state index contributed by atoms with van der Waals surface area (Å²) in [5.74, 6) is -0.173. The van der Waals surface area contributed by atoms with Crippen molar-refractivity contribution in [1.29, 1.82) is 0 Å². The Morgan fingerprint density at radius 3 is 2.92 bits per heavy atom. The molecule has 0 spiro atoms. The number of aromatic nitrogens is 1. The fourth-order valence-electron chi connectivity index (χ4n) is 3.46. The van der Waals surface area contributed by atoms with Crippen LogP contribution in [-0.4, -0.2) is 92.2 Å². The zero-order valence-electron chi connectivity index (χ0n) is 15.5. The second-order valence-corrected chi connectivity index (χ2v) is 7.03. The van der Waals surface area contributed by atoms with Gasteiger partial charge in [-0.2, -0.15) is 0 Å². The van der Waals surface area contributed by atoms with Crippen molar-refractivity contribution < 1.29 is 19.4 Å². The van der Waals surface area contributed by atoms with Crippen molar-refractivity contribution in [1.82, 2.24) is 15.2 Å². The van der Waals surface area contributed by atoms with Crippen molar-refractivity contribution in [2.45, 2.75) is 18.5 Å². The fourth-order valence-corrected chi connectivity index (χ4v) is 3.46. The Morgan fingerprint density at radius 2 is 2.19 bits per heavy atom. The molecule has 1 aromatic rings. The van der Waals surface area contributed by atoms with Crippen LogP contribution in [0.2, 0.25) is 0 Å². The quantitative estimate of drug-likeness (QED) is 0.744. The number of likely N-dealkylation sites (N-methyl/N-ethyl adjacent to an activating group) is 1. The van der Waals surface area contributed by atoms with Gasteiger partial charge in [0.2, 0.25) is 0 Å². The third kappa shape index (κ3) is 3.83. The average Bonchev–Trinajstić information content (AvgIpc) is 2.70. The summed E-state index contributed by atoms with van der Waals surface area (Å²) in [7, 11) is 1.96. The van der Waals surface area contributed by atoms with Gasteiger partial charge in [0.1, 0.15) is 0 Å². The molecule has 0 unspecified atom stereocenters. The normalized spacial score (nSPS) is 27.3. The van der Waals surface area contributed by atoms with E-state index in [0.29, 0.717) is 38.5 Å². The molecule has 0 radical (unpaired) electrons. The Bertz CT molecular complexity index is 623. The standard InChI is InChI=1S/C18H28N4O4/c1-14-10-26-13-18(12-23,21(14)2)11-20-17(24)15-3-4-19-9-16(15)22-5-7-25-8-6-22/h3-4,9,14,23H,5-8,10-13H2,1-2H3,(H,20,24)/t14-,18+/m1/s1. The van der Waals surface area contributed by atoms with Gasteiger partial charge in [0, 0.05) is 31.9 Å². The number of morpholine rings is 2. The fraction of sp³-hybridized carbons (Fsp3) is 0.667. The van der Waals surface area contributed by atoms with Crippen molar-refractivity contribution in [3.63, 3.8) is 0 Å². The molecule has 0 bridgehead atoms. The first-order valence-corrected chi connectivity index (χ1v) is 9.04. The van der Waals surface area contributed by atoms with Crippen molar-refractivity contribution in [2.75, 3.05) is 64.6 Å². The van der Waals surface area contributed by atoms with Crippen LogP contribution in [0.1, 0.15) is 17.3 Å². The number of ether oxygens (including phenoxy) is 2. The van der Waals surface area contributed by atoms with E-state index in [4.69, 9.17) is 9.47 Å². The van der Waals surface area contributed by atoms with Crippen LogP contribution in [0.15, 0.2) is 18.5 Å². The molecule has 1 amide bonds. The average molecular weight is 364 g/mol. The smallest absolute Gasteiger partial charge is 0.253 e. The van der Waals surface area contributed by atoms with Crippen LogP contribution in [0.25, 0.3) is 0 Å². The molecule has 2 saturated heterocycles. The number of carbonyl (C=O) groups excluding carboxylic acids is 1. The molecule has 26 heavy (non-hydrogen) atoms. The van der Waals surface area contributed by atoms with E-state index in [1.165, 1.54) is 0 Å². The van der Waals surface area contributed by atoms with E-state index < -0.39 is 5.54 Å². The second-order valence-electron chi connectivity index (χ2n) is 7.03. The van der Waals surface area contributed by atoms with Crippen LogP contribution in [0.4, 0.5) is 5.69 Å². The first kappa shape index (κ1) is 19.0. The van der Waals surface area contributed by atoms with E-state index in [9.17, 15) is 9.90 Å². The van der Waals surface area contributed by atoms with Gasteiger partial charge in [0.05, 0.1) is 56.0 Å². The maximum Gasteiger partial charge on any atom is 0.253 e. The van der Waals surface area contributed by atoms with Crippen molar-refractivity contribution >= 4 is 11.6 Å². The largest absolute Gasteiger partial charge is 0.394 e. The molecule has 0 saturated carbocycles. The molecule has 144 valence electrons. The topological polar surface area (TPSA) is 87.2 Å². The highest BCUT2D eigenvalue weighted by Gasteiger charge is 2.40. The Balaban J connectivity index is 1.72. The van der Waals surface area contributed by atoms with Crippen molar-refractivity contribution in [3.8, 4) is 0 Å². The number of rotatable bonds is 5. The monoisotopic (exact) mass is 364 g/mol. The molecule has 3 rings (SSSR count). The van der Waals surface area contributed by atoms with E-state index in [1.54, 1.807) is 18.5 Å². The SMILES string of the molecule is C[C@@H]1COC[C@@](CO)(CNC(=O)c2ccncc2N2CCOCC2)N1C. The maximum atomic E-state index is 12.9. The predicted octanol–water partition coefficient (Wildman–Crippen LogP) is -0.270. The zero-order valence-corrected chi connectivity index (χ0v) is 15.5. The van der Waals surface area contributed by atoms with Gasteiger partial charge in [-0.3, -0.25) is 14.7 Å². The zero-order chi connectivity index (χ0) is 18.6. The molecule has 1 aromatic heterocycles. The molecule has 3 heterocycles. The highest BCUT2D eigenvalue weighted by Crippen LogP contribution is 2.23. The minimum atomic E-state index is -0.612. The summed E-state index contributed by atoms with van der Waals surface area (Å²) in [6.45, 7) is 6.04. The Labute approximate surface area is 154 Å². The van der Waals surface area contributed by atoms with Crippen LogP contribution < -0.4 is 10.2 Å². The van der Waals surface area contributed by atoms with E-state index in [2.05, 4.69) is 20.1 Å². The summed E-state index contributed by atoms with van der Waals surface area (Å²) in [4.78, 5) is 21.2. The van der Waals surface area contributed by atoms with Gasteiger partial charge in [-0.05, 0) is 20.0 Å². The molecule has 0 aliphatic carbocycles. The summed E-state index contributed by atoms with van der Waals surface area (Å²) in [6, 6.07) is 1.91.